The van der Waals surface area contributed by atoms with Crippen LogP contribution in [0.4, 0.5) is 10.1 Å². The van der Waals surface area contributed by atoms with Crippen LogP contribution in [0.3, 0.4) is 0 Å². The number of hydrogen-bond donors (Lipinski definition) is 2. The molecule has 18 heavy (non-hydrogen) atoms. The number of aliphatic carboxylic acids is 1. The van der Waals surface area contributed by atoms with Gasteiger partial charge in [-0.3, -0.25) is 9.59 Å². The Morgan fingerprint density at radius 1 is 1.44 bits per heavy atom. The summed E-state index contributed by atoms with van der Waals surface area (Å²) in [6.45, 7) is 2.90. The van der Waals surface area contributed by atoms with Gasteiger partial charge in [0, 0.05) is 11.7 Å². The summed E-state index contributed by atoms with van der Waals surface area (Å²) >= 11 is 0. The van der Waals surface area contributed by atoms with E-state index in [0.29, 0.717) is 0 Å². The molecule has 1 aromatic rings. The fourth-order valence-corrected chi connectivity index (χ4v) is 1.50. The van der Waals surface area contributed by atoms with Crippen molar-refractivity contribution >= 4 is 17.6 Å². The molecule has 0 heterocycles. The number of anilines is 1. The lowest BCUT2D eigenvalue weighted by atomic mass is 10.1. The van der Waals surface area contributed by atoms with Crippen molar-refractivity contribution in [2.45, 2.75) is 19.9 Å². The number of amides is 1. The average Bonchev–Trinajstić information content (AvgIpc) is 2.27. The van der Waals surface area contributed by atoms with E-state index in [4.69, 9.17) is 10.8 Å². The first-order chi connectivity index (χ1) is 8.32. The number of benzene rings is 1. The molecule has 0 fully saturated rings. The minimum Gasteiger partial charge on any atom is -0.480 e. The predicted molar refractivity (Wildman–Crippen MR) is 64.6 cm³/mol. The van der Waals surface area contributed by atoms with Gasteiger partial charge in [0.05, 0.1) is 5.56 Å². The molecule has 0 saturated carbocycles. The second kappa shape index (κ2) is 5.48. The number of halogens is 1. The van der Waals surface area contributed by atoms with E-state index in [0.717, 1.165) is 17.0 Å². The van der Waals surface area contributed by atoms with E-state index in [1.807, 2.05) is 0 Å². The van der Waals surface area contributed by atoms with Gasteiger partial charge in [0.1, 0.15) is 12.4 Å². The largest absolute Gasteiger partial charge is 0.480 e. The molecule has 0 aliphatic heterocycles. The number of carboxylic acid groups (broad SMARTS) is 1. The van der Waals surface area contributed by atoms with Crippen LogP contribution in [0.5, 0.6) is 0 Å². The Labute approximate surface area is 104 Å². The van der Waals surface area contributed by atoms with Crippen LogP contribution in [-0.4, -0.2) is 34.5 Å². The summed E-state index contributed by atoms with van der Waals surface area (Å²) in [5.74, 6) is -2.32. The van der Waals surface area contributed by atoms with Gasteiger partial charge in [-0.05, 0) is 32.0 Å². The molecule has 0 spiro atoms. The molecule has 0 radical (unpaired) electrons. The second-order valence-corrected chi connectivity index (χ2v) is 4.15. The monoisotopic (exact) mass is 254 g/mol. The lowest BCUT2D eigenvalue weighted by Gasteiger charge is -2.25. The fourth-order valence-electron chi connectivity index (χ4n) is 1.50. The van der Waals surface area contributed by atoms with E-state index in [9.17, 15) is 14.0 Å². The number of carbonyl (C=O) groups is 2. The minimum absolute atomic E-state index is 0.0232. The van der Waals surface area contributed by atoms with E-state index >= 15 is 0 Å². The Hall–Kier alpha value is -2.11. The first-order valence-electron chi connectivity index (χ1n) is 5.40. The minimum atomic E-state index is -1.13. The van der Waals surface area contributed by atoms with Gasteiger partial charge in [-0.2, -0.15) is 0 Å². The molecule has 1 rings (SSSR count). The van der Waals surface area contributed by atoms with E-state index in [-0.39, 0.29) is 17.3 Å². The third-order valence-corrected chi connectivity index (χ3v) is 2.44. The molecule has 98 valence electrons. The summed E-state index contributed by atoms with van der Waals surface area (Å²) in [7, 11) is 0. The van der Waals surface area contributed by atoms with Gasteiger partial charge in [-0.15, -0.1) is 0 Å². The maximum absolute atomic E-state index is 13.1. The Morgan fingerprint density at radius 2 is 2.06 bits per heavy atom. The van der Waals surface area contributed by atoms with Crippen molar-refractivity contribution in [1.82, 2.24) is 4.90 Å². The highest BCUT2D eigenvalue weighted by molar-refractivity contribution is 6.00. The second-order valence-electron chi connectivity index (χ2n) is 4.15. The van der Waals surface area contributed by atoms with Crippen molar-refractivity contribution < 1.29 is 19.1 Å². The Balaban J connectivity index is 3.09. The quantitative estimate of drug-likeness (QED) is 0.794. The van der Waals surface area contributed by atoms with Crippen LogP contribution in [0.1, 0.15) is 24.2 Å². The zero-order chi connectivity index (χ0) is 13.9. The standard InChI is InChI=1S/C12H15FN2O3/c1-7(2)15(6-11(16)17)12(18)9-5-8(13)3-4-10(9)14/h3-5,7H,6,14H2,1-2H3,(H,16,17). The number of carboxylic acids is 1. The molecule has 0 aromatic heterocycles. The van der Waals surface area contributed by atoms with E-state index in [1.165, 1.54) is 6.07 Å². The Bertz CT molecular complexity index is 474. The maximum atomic E-state index is 13.1. The highest BCUT2D eigenvalue weighted by Crippen LogP contribution is 2.17. The molecule has 0 aliphatic carbocycles. The Morgan fingerprint density at radius 3 is 2.56 bits per heavy atom. The van der Waals surface area contributed by atoms with Crippen molar-refractivity contribution in [3.63, 3.8) is 0 Å². The number of hydrogen-bond acceptors (Lipinski definition) is 3. The molecule has 0 bridgehead atoms. The highest BCUT2D eigenvalue weighted by atomic mass is 19.1. The maximum Gasteiger partial charge on any atom is 0.323 e. The van der Waals surface area contributed by atoms with Gasteiger partial charge in [0.25, 0.3) is 5.91 Å². The number of nitrogens with zero attached hydrogens (tertiary/aromatic N) is 1. The fraction of sp³-hybridized carbons (Fsp3) is 0.333. The third kappa shape index (κ3) is 3.19. The zero-order valence-corrected chi connectivity index (χ0v) is 10.2. The number of nitrogen functional groups attached to an aromatic ring is 1. The topological polar surface area (TPSA) is 83.6 Å². The van der Waals surface area contributed by atoms with Crippen molar-refractivity contribution in [2.75, 3.05) is 12.3 Å². The molecule has 0 aliphatic rings. The number of nitrogens with two attached hydrogens (primary N) is 1. The molecule has 0 saturated heterocycles. The summed E-state index contributed by atoms with van der Waals surface area (Å²) in [4.78, 5) is 23.9. The van der Waals surface area contributed by atoms with Gasteiger partial charge < -0.3 is 15.7 Å². The Kier molecular flexibility index (Phi) is 4.25. The molecule has 1 amide bonds. The third-order valence-electron chi connectivity index (χ3n) is 2.44. The van der Waals surface area contributed by atoms with Gasteiger partial charge in [-0.25, -0.2) is 4.39 Å². The van der Waals surface area contributed by atoms with Crippen LogP contribution < -0.4 is 5.73 Å². The summed E-state index contributed by atoms with van der Waals surface area (Å²) in [5, 5.41) is 8.75. The van der Waals surface area contributed by atoms with Crippen molar-refractivity contribution in [1.29, 1.82) is 0 Å². The van der Waals surface area contributed by atoms with Crippen LogP contribution in [0.15, 0.2) is 18.2 Å². The highest BCUT2D eigenvalue weighted by Gasteiger charge is 2.23. The van der Waals surface area contributed by atoms with Crippen LogP contribution in [0.2, 0.25) is 0 Å². The van der Waals surface area contributed by atoms with Crippen LogP contribution in [-0.2, 0) is 4.79 Å². The van der Waals surface area contributed by atoms with Gasteiger partial charge in [0.15, 0.2) is 0 Å². The molecular weight excluding hydrogens is 239 g/mol. The van der Waals surface area contributed by atoms with E-state index in [1.54, 1.807) is 13.8 Å². The summed E-state index contributed by atoms with van der Waals surface area (Å²) in [5.41, 5.74) is 5.70. The van der Waals surface area contributed by atoms with Crippen LogP contribution in [0, 0.1) is 5.82 Å². The number of rotatable bonds is 4. The molecule has 0 unspecified atom stereocenters. The van der Waals surface area contributed by atoms with Gasteiger partial charge in [0.2, 0.25) is 0 Å². The summed E-state index contributed by atoms with van der Waals surface area (Å²) in [6.07, 6.45) is 0. The first kappa shape index (κ1) is 14.0. The normalized spacial score (nSPS) is 10.4. The lowest BCUT2D eigenvalue weighted by Crippen LogP contribution is -2.41. The average molecular weight is 254 g/mol. The first-order valence-corrected chi connectivity index (χ1v) is 5.40. The van der Waals surface area contributed by atoms with E-state index in [2.05, 4.69) is 0 Å². The summed E-state index contributed by atoms with van der Waals surface area (Å²) in [6, 6.07) is 3.11. The SMILES string of the molecule is CC(C)N(CC(=O)O)C(=O)c1cc(F)ccc1N. The smallest absolute Gasteiger partial charge is 0.323 e. The molecule has 1 aromatic carbocycles. The van der Waals surface area contributed by atoms with Crippen LogP contribution >= 0.6 is 0 Å². The van der Waals surface area contributed by atoms with Crippen molar-refractivity contribution in [3.05, 3.63) is 29.6 Å². The van der Waals surface area contributed by atoms with Gasteiger partial charge in [-0.1, -0.05) is 0 Å². The predicted octanol–water partition coefficient (Wildman–Crippen LogP) is 1.34. The molecule has 0 atom stereocenters. The van der Waals surface area contributed by atoms with Gasteiger partial charge >= 0.3 is 5.97 Å². The van der Waals surface area contributed by atoms with Crippen molar-refractivity contribution in [2.24, 2.45) is 0 Å². The van der Waals surface area contributed by atoms with E-state index < -0.39 is 24.2 Å². The van der Waals surface area contributed by atoms with Crippen molar-refractivity contribution in [3.8, 4) is 0 Å². The van der Waals surface area contributed by atoms with Crippen LogP contribution in [0.25, 0.3) is 0 Å². The number of carbonyl (C=O) groups excluding carboxylic acids is 1. The summed E-state index contributed by atoms with van der Waals surface area (Å²) < 4.78 is 13.1. The molecular formula is C12H15FN2O3. The molecule has 5 nitrogen and oxygen atoms in total. The molecule has 6 heteroatoms. The zero-order valence-electron chi connectivity index (χ0n) is 10.2. The lowest BCUT2D eigenvalue weighted by molar-refractivity contribution is -0.138. The molecule has 3 N–H and O–H groups in total.